The van der Waals surface area contributed by atoms with Crippen molar-refractivity contribution in [3.05, 3.63) is 23.8 Å². The number of nitrogens with zero attached hydrogens (tertiary/aromatic N) is 1. The van der Waals surface area contributed by atoms with Gasteiger partial charge >= 0.3 is 6.18 Å². The molecule has 0 aliphatic heterocycles. The highest BCUT2D eigenvalue weighted by atomic mass is 35.5. The van der Waals surface area contributed by atoms with Crippen molar-refractivity contribution in [1.82, 2.24) is 0 Å². The van der Waals surface area contributed by atoms with Crippen molar-refractivity contribution in [2.24, 2.45) is 4.99 Å². The first-order valence-corrected chi connectivity index (χ1v) is 4.48. The Morgan fingerprint density at radius 3 is 2.35 bits per heavy atom. The molecule has 2 nitrogen and oxygen atoms in total. The predicted octanol–water partition coefficient (Wildman–Crippen LogP) is 3.80. The van der Waals surface area contributed by atoms with E-state index >= 15 is 0 Å². The van der Waals surface area contributed by atoms with Crippen molar-refractivity contribution < 1.29 is 26.7 Å². The zero-order valence-corrected chi connectivity index (χ0v) is 9.03. The van der Waals surface area contributed by atoms with Gasteiger partial charge in [-0.15, -0.1) is 0 Å². The number of aliphatic imine (C=N–C) groups is 1. The molecule has 0 spiro atoms. The highest BCUT2D eigenvalue weighted by molar-refractivity contribution is 6.67. The van der Waals surface area contributed by atoms with Crippen molar-refractivity contribution in [1.29, 1.82) is 0 Å². The molecule has 0 saturated carbocycles. The average Bonchev–Trinajstić information content (AvgIpc) is 2.15. The van der Waals surface area contributed by atoms with Crippen LogP contribution in [0.3, 0.4) is 0 Å². The van der Waals surface area contributed by atoms with Crippen LogP contribution in [-0.2, 0) is 0 Å². The molecule has 0 aromatic heterocycles. The SMILES string of the molecule is COc1c(F)cc(F)cc1N=C(Cl)C(F)(F)F. The van der Waals surface area contributed by atoms with Crippen molar-refractivity contribution in [3.8, 4) is 5.75 Å². The molecular weight excluding hydrogens is 269 g/mol. The Morgan fingerprint density at radius 2 is 1.88 bits per heavy atom. The summed E-state index contributed by atoms with van der Waals surface area (Å²) < 4.78 is 66.6. The van der Waals surface area contributed by atoms with Crippen molar-refractivity contribution >= 4 is 22.5 Å². The minimum atomic E-state index is -4.89. The largest absolute Gasteiger partial charge is 0.492 e. The molecule has 0 amide bonds. The Labute approximate surface area is 97.7 Å². The fourth-order valence-corrected chi connectivity index (χ4v) is 1.09. The van der Waals surface area contributed by atoms with Gasteiger partial charge in [-0.1, -0.05) is 11.6 Å². The maximum Gasteiger partial charge on any atom is 0.444 e. The number of hydrogen-bond acceptors (Lipinski definition) is 2. The minimum absolute atomic E-state index is 0.458. The van der Waals surface area contributed by atoms with Gasteiger partial charge in [0.25, 0.3) is 0 Å². The van der Waals surface area contributed by atoms with E-state index in [2.05, 4.69) is 9.73 Å². The molecule has 94 valence electrons. The lowest BCUT2D eigenvalue weighted by Crippen LogP contribution is -2.16. The molecule has 0 atom stereocenters. The average molecular weight is 274 g/mol. The van der Waals surface area contributed by atoms with Gasteiger partial charge in [0, 0.05) is 12.1 Å². The monoisotopic (exact) mass is 273 g/mol. The lowest BCUT2D eigenvalue weighted by Gasteiger charge is -2.08. The third-order valence-corrected chi connectivity index (χ3v) is 1.94. The van der Waals surface area contributed by atoms with Gasteiger partial charge < -0.3 is 4.74 Å². The van der Waals surface area contributed by atoms with E-state index in [1.54, 1.807) is 0 Å². The molecule has 0 heterocycles. The number of methoxy groups -OCH3 is 1. The first-order valence-electron chi connectivity index (χ1n) is 4.10. The quantitative estimate of drug-likeness (QED) is 0.593. The Morgan fingerprint density at radius 1 is 1.29 bits per heavy atom. The zero-order chi connectivity index (χ0) is 13.2. The Hall–Kier alpha value is -1.37. The summed E-state index contributed by atoms with van der Waals surface area (Å²) in [5, 5.41) is -1.75. The van der Waals surface area contributed by atoms with Gasteiger partial charge in [-0.3, -0.25) is 0 Å². The summed E-state index contributed by atoms with van der Waals surface area (Å²) in [4.78, 5) is 2.87. The molecule has 0 fully saturated rings. The minimum Gasteiger partial charge on any atom is -0.492 e. The molecule has 0 saturated heterocycles. The molecule has 0 N–H and O–H groups in total. The number of alkyl halides is 3. The van der Waals surface area contributed by atoms with Crippen molar-refractivity contribution in [3.63, 3.8) is 0 Å². The molecule has 1 rings (SSSR count). The van der Waals surface area contributed by atoms with Crippen LogP contribution in [0.15, 0.2) is 17.1 Å². The van der Waals surface area contributed by atoms with Crippen LogP contribution in [0.2, 0.25) is 0 Å². The third-order valence-electron chi connectivity index (χ3n) is 1.65. The van der Waals surface area contributed by atoms with Crippen LogP contribution in [0.1, 0.15) is 0 Å². The first kappa shape index (κ1) is 13.7. The number of ether oxygens (including phenoxy) is 1. The van der Waals surface area contributed by atoms with E-state index in [1.165, 1.54) is 0 Å². The summed E-state index contributed by atoms with van der Waals surface area (Å²) in [6.45, 7) is 0. The van der Waals surface area contributed by atoms with E-state index in [-0.39, 0.29) is 0 Å². The molecule has 1 aromatic carbocycles. The summed E-state index contributed by atoms with van der Waals surface area (Å²) in [6, 6.07) is 1.04. The molecule has 17 heavy (non-hydrogen) atoms. The highest BCUT2D eigenvalue weighted by Crippen LogP contribution is 2.33. The summed E-state index contributed by atoms with van der Waals surface area (Å²) >= 11 is 4.85. The molecule has 0 aliphatic rings. The Kier molecular flexibility index (Phi) is 3.92. The topological polar surface area (TPSA) is 21.6 Å². The van der Waals surface area contributed by atoms with Gasteiger partial charge in [-0.25, -0.2) is 13.8 Å². The van der Waals surface area contributed by atoms with E-state index in [9.17, 15) is 22.0 Å². The standard InChI is InChI=1S/C9H5ClF5NO/c1-17-7-5(12)2-4(11)3-6(7)16-8(10)9(13,14)15/h2-3H,1H3. The fraction of sp³-hybridized carbons (Fsp3) is 0.222. The van der Waals surface area contributed by atoms with Crippen LogP contribution in [0.4, 0.5) is 27.6 Å². The number of rotatable bonds is 2. The van der Waals surface area contributed by atoms with Gasteiger partial charge in [0.1, 0.15) is 11.5 Å². The van der Waals surface area contributed by atoms with Gasteiger partial charge in [0.15, 0.2) is 11.6 Å². The molecule has 8 heteroatoms. The fourth-order valence-electron chi connectivity index (χ4n) is 1.00. The van der Waals surface area contributed by atoms with E-state index < -0.39 is 34.4 Å². The predicted molar refractivity (Wildman–Crippen MR) is 51.9 cm³/mol. The summed E-state index contributed by atoms with van der Waals surface area (Å²) in [5.41, 5.74) is -0.674. The van der Waals surface area contributed by atoms with E-state index in [1.807, 2.05) is 0 Å². The lowest BCUT2D eigenvalue weighted by atomic mass is 10.2. The molecule has 0 aliphatic carbocycles. The normalized spacial score (nSPS) is 12.8. The summed E-state index contributed by atoms with van der Waals surface area (Å²) in [5.74, 6) is -2.87. The van der Waals surface area contributed by atoms with Crippen molar-refractivity contribution in [2.75, 3.05) is 7.11 Å². The van der Waals surface area contributed by atoms with Gasteiger partial charge in [-0.2, -0.15) is 13.2 Å². The van der Waals surface area contributed by atoms with Gasteiger partial charge in [0.2, 0.25) is 5.17 Å². The number of hydrogen-bond donors (Lipinski definition) is 0. The van der Waals surface area contributed by atoms with Crippen LogP contribution in [0, 0.1) is 11.6 Å². The lowest BCUT2D eigenvalue weighted by molar-refractivity contribution is -0.0558. The molecule has 0 bridgehead atoms. The second-order valence-corrected chi connectivity index (χ2v) is 3.20. The van der Waals surface area contributed by atoms with Crippen LogP contribution in [-0.4, -0.2) is 18.5 Å². The Bertz CT molecular complexity index is 457. The zero-order valence-electron chi connectivity index (χ0n) is 8.28. The number of halogens is 6. The third kappa shape index (κ3) is 3.29. The molecular formula is C9H5ClF5NO. The van der Waals surface area contributed by atoms with E-state index in [0.29, 0.717) is 12.1 Å². The first-order chi connectivity index (χ1) is 7.75. The van der Waals surface area contributed by atoms with Crippen LogP contribution in [0.25, 0.3) is 0 Å². The summed E-state index contributed by atoms with van der Waals surface area (Å²) in [6.07, 6.45) is -4.89. The van der Waals surface area contributed by atoms with Gasteiger partial charge in [-0.05, 0) is 0 Å². The van der Waals surface area contributed by atoms with Crippen LogP contribution < -0.4 is 4.74 Å². The summed E-state index contributed by atoms with van der Waals surface area (Å²) in [7, 11) is 1.01. The van der Waals surface area contributed by atoms with Gasteiger partial charge in [0.05, 0.1) is 7.11 Å². The number of benzene rings is 1. The second-order valence-electron chi connectivity index (χ2n) is 2.84. The van der Waals surface area contributed by atoms with E-state index in [4.69, 9.17) is 11.6 Å². The van der Waals surface area contributed by atoms with E-state index in [0.717, 1.165) is 7.11 Å². The van der Waals surface area contributed by atoms with Crippen LogP contribution in [0.5, 0.6) is 5.75 Å². The van der Waals surface area contributed by atoms with Crippen molar-refractivity contribution in [2.45, 2.75) is 6.18 Å². The van der Waals surface area contributed by atoms with Crippen LogP contribution >= 0.6 is 11.6 Å². The molecule has 0 unspecified atom stereocenters. The molecule has 1 aromatic rings. The Balaban J connectivity index is 3.32. The maximum atomic E-state index is 13.1. The maximum absolute atomic E-state index is 13.1. The second kappa shape index (κ2) is 4.87. The smallest absolute Gasteiger partial charge is 0.444 e. The molecule has 0 radical (unpaired) electrons. The highest BCUT2D eigenvalue weighted by Gasteiger charge is 2.35.